The van der Waals surface area contributed by atoms with Crippen molar-refractivity contribution >= 4 is 109 Å². The largest absolute Gasteiger partial charge is 0.422 e. The average Bonchev–Trinajstić information content (AvgIpc) is 3.68. The smallest absolute Gasteiger partial charge is 0.332 e. The van der Waals surface area contributed by atoms with Gasteiger partial charge < -0.3 is 14.9 Å². The summed E-state index contributed by atoms with van der Waals surface area (Å²) in [5.41, 5.74) is 1.77. The van der Waals surface area contributed by atoms with E-state index in [2.05, 4.69) is 62.0 Å². The Morgan fingerprint density at radius 2 is 1.58 bits per heavy atom. The number of carbonyl (C=O) groups is 2. The number of amidine groups is 1. The third kappa shape index (κ3) is 11.7. The fourth-order valence-corrected chi connectivity index (χ4v) is 7.25. The lowest BCUT2D eigenvalue weighted by Gasteiger charge is -2.12. The van der Waals surface area contributed by atoms with Gasteiger partial charge in [0, 0.05) is 24.7 Å². The Morgan fingerprint density at radius 1 is 0.855 bits per heavy atom. The third-order valence-electron chi connectivity index (χ3n) is 8.02. The molecule has 23 nitrogen and oxygen atoms in total. The van der Waals surface area contributed by atoms with Gasteiger partial charge >= 0.3 is 11.9 Å². The molecule has 0 aliphatic carbocycles. The first-order valence-electron chi connectivity index (χ1n) is 17.1. The molecule has 0 aliphatic heterocycles. The molecule has 0 aliphatic rings. The van der Waals surface area contributed by atoms with E-state index in [4.69, 9.17) is 19.3 Å². The molecule has 2 heterocycles. The summed E-state index contributed by atoms with van der Waals surface area (Å²) in [5, 5.41) is 24.0. The number of hydroxylamine groups is 1. The normalized spacial score (nSPS) is 12.5. The number of hydrogen-bond donors (Lipinski definition) is 6. The Hall–Kier alpha value is -6.40. The Balaban J connectivity index is 1.21. The second-order valence-electron chi connectivity index (χ2n) is 12.4. The van der Waals surface area contributed by atoms with Crippen LogP contribution in [0.25, 0.3) is 21.7 Å². The predicted octanol–water partition coefficient (Wildman–Crippen LogP) is 4.30. The quantitative estimate of drug-likeness (QED) is 0.0122. The summed E-state index contributed by atoms with van der Waals surface area (Å²) < 4.78 is 116. The van der Waals surface area contributed by atoms with E-state index in [-0.39, 0.29) is 67.8 Å². The van der Waals surface area contributed by atoms with Crippen molar-refractivity contribution in [3.8, 4) is 5.75 Å². The highest BCUT2D eigenvalue weighted by Gasteiger charge is 2.25. The second kappa shape index (κ2) is 18.7. The zero-order chi connectivity index (χ0) is 44.8. The number of ether oxygens (including phenoxy) is 1. The third-order valence-corrected chi connectivity index (χ3v) is 11.0. The van der Waals surface area contributed by atoms with Gasteiger partial charge in [-0.15, -0.1) is 5.11 Å². The van der Waals surface area contributed by atoms with Crippen LogP contribution in [0.1, 0.15) is 18.5 Å². The molecule has 6 rings (SSSR count). The summed E-state index contributed by atoms with van der Waals surface area (Å²) in [6.07, 6.45) is -0.0308. The van der Waals surface area contributed by atoms with Crippen LogP contribution in [0, 0.1) is 5.82 Å². The van der Waals surface area contributed by atoms with E-state index in [1.54, 1.807) is 0 Å². The number of benzene rings is 4. The number of aliphatic imine (C=N–C) groups is 1. The Labute approximate surface area is 357 Å². The van der Waals surface area contributed by atoms with Gasteiger partial charge in [0.2, 0.25) is 5.82 Å². The van der Waals surface area contributed by atoms with Crippen molar-refractivity contribution in [1.82, 2.24) is 25.5 Å². The molecule has 0 spiro atoms. The number of halogens is 2. The van der Waals surface area contributed by atoms with E-state index >= 15 is 0 Å². The molecule has 0 bridgehead atoms. The van der Waals surface area contributed by atoms with Gasteiger partial charge in [-0.3, -0.25) is 18.9 Å². The molecule has 0 radical (unpaired) electrons. The first-order chi connectivity index (χ1) is 29.2. The Bertz CT molecular complexity index is 3140. The van der Waals surface area contributed by atoms with Gasteiger partial charge in [-0.1, -0.05) is 12.1 Å². The van der Waals surface area contributed by atoms with Gasteiger partial charge in [0.05, 0.1) is 33.6 Å². The number of azo groups is 1. The summed E-state index contributed by atoms with van der Waals surface area (Å²) in [7, 11) is -13.4. The Kier molecular flexibility index (Phi) is 13.6. The van der Waals surface area contributed by atoms with Gasteiger partial charge in [-0.05, 0) is 97.7 Å². The molecule has 0 amide bonds. The van der Waals surface area contributed by atoms with Crippen molar-refractivity contribution in [2.24, 2.45) is 20.4 Å². The summed E-state index contributed by atoms with van der Waals surface area (Å²) in [5.74, 6) is -3.53. The standard InChI is InChI=1S/C34H28BrFN10O13S3/c35-24-16-20(6-8-25(24)36)41-34(31-33(46-59-44-31)39-12-13-40-62(37,55)56)45-58-29(48)10-9-28(47)57-32-26(17-27(61(52,53)54)23-2-1-11-38-30(23)32)43-42-21-5-3-19-15-22(60(49,50)51)7-4-18(19)14-21/h1-8,11,14-17,40H,9-10,12-13H2,(H,39,46)(H,41,45)(H2,37,55,56)(H,49,50,51)(H,52,53,54). The number of esters is 1. The maximum atomic E-state index is 13.9. The first kappa shape index (κ1) is 45.1. The monoisotopic (exact) mass is 978 g/mol. The number of aromatic nitrogens is 3. The molecule has 2 aromatic heterocycles. The van der Waals surface area contributed by atoms with E-state index in [0.29, 0.717) is 10.8 Å². The number of pyridine rings is 1. The van der Waals surface area contributed by atoms with Crippen LogP contribution in [-0.2, 0) is 44.9 Å². The van der Waals surface area contributed by atoms with Crippen LogP contribution in [0.4, 0.5) is 27.3 Å². The summed E-state index contributed by atoms with van der Waals surface area (Å²) in [6.45, 7) is -0.259. The number of nitrogens with one attached hydrogen (secondary N) is 3. The fraction of sp³-hybridized carbons (Fsp3) is 0.118. The molecule has 62 heavy (non-hydrogen) atoms. The van der Waals surface area contributed by atoms with E-state index in [0.717, 1.165) is 12.1 Å². The number of carbonyl (C=O) groups excluding carboxylic acids is 2. The van der Waals surface area contributed by atoms with Crippen molar-refractivity contribution < 1.29 is 62.5 Å². The van der Waals surface area contributed by atoms with Crippen LogP contribution in [0.3, 0.4) is 0 Å². The molecule has 0 fully saturated rings. The van der Waals surface area contributed by atoms with Crippen LogP contribution >= 0.6 is 15.9 Å². The first-order valence-corrected chi connectivity index (χ1v) is 22.3. The van der Waals surface area contributed by atoms with E-state index < -0.39 is 71.7 Å². The molecule has 6 aromatic rings. The molecule has 0 atom stereocenters. The number of hydrogen-bond acceptors (Lipinski definition) is 18. The van der Waals surface area contributed by atoms with Crippen LogP contribution in [0.15, 0.2) is 113 Å². The number of nitrogens with zero attached hydrogens (tertiary/aromatic N) is 6. The van der Waals surface area contributed by atoms with Crippen LogP contribution in [0.2, 0.25) is 0 Å². The van der Waals surface area contributed by atoms with Crippen LogP contribution in [0.5, 0.6) is 5.75 Å². The Morgan fingerprint density at radius 3 is 2.31 bits per heavy atom. The SMILES string of the molecule is NS(=O)(=O)NCCNc1nonc1C(=Nc1ccc(F)c(Br)c1)NOC(=O)CCC(=O)Oc1c(N=Nc2ccc3cc(S(=O)(=O)O)ccc3c2)cc(S(=O)(=O)O)c2cccnc12. The predicted molar refractivity (Wildman–Crippen MR) is 218 cm³/mol. The highest BCUT2D eigenvalue weighted by atomic mass is 79.9. The average molecular weight is 980 g/mol. The van der Waals surface area contributed by atoms with E-state index in [1.165, 1.54) is 66.9 Å². The van der Waals surface area contributed by atoms with Crippen molar-refractivity contribution in [2.75, 3.05) is 18.4 Å². The lowest BCUT2D eigenvalue weighted by Crippen LogP contribution is -2.34. The van der Waals surface area contributed by atoms with Gasteiger partial charge in [0.25, 0.3) is 30.4 Å². The molecule has 7 N–H and O–H groups in total. The minimum atomic E-state index is -4.91. The van der Waals surface area contributed by atoms with Gasteiger partial charge in [0.1, 0.15) is 21.9 Å². The molecule has 4 aromatic carbocycles. The number of nitrogens with two attached hydrogens (primary N) is 1. The highest BCUT2D eigenvalue weighted by Crippen LogP contribution is 2.40. The van der Waals surface area contributed by atoms with Crippen molar-refractivity contribution in [2.45, 2.75) is 22.6 Å². The summed E-state index contributed by atoms with van der Waals surface area (Å²) in [6, 6.07) is 15.4. The maximum Gasteiger partial charge on any atom is 0.332 e. The number of anilines is 1. The maximum absolute atomic E-state index is 13.9. The van der Waals surface area contributed by atoms with Crippen molar-refractivity contribution in [3.05, 3.63) is 95.0 Å². The molecule has 28 heteroatoms. The van der Waals surface area contributed by atoms with Crippen molar-refractivity contribution in [1.29, 1.82) is 0 Å². The summed E-state index contributed by atoms with van der Waals surface area (Å²) in [4.78, 5) is 38.7. The zero-order valence-corrected chi connectivity index (χ0v) is 35.0. The minimum Gasteiger partial charge on any atom is -0.422 e. The fourth-order valence-electron chi connectivity index (χ4n) is 5.27. The molecule has 0 unspecified atom stereocenters. The topological polar surface area (TPSA) is 346 Å². The zero-order valence-electron chi connectivity index (χ0n) is 31.0. The minimum absolute atomic E-state index is 0.0346. The molecular formula is C34H28BrFN10O13S3. The second-order valence-corrected chi connectivity index (χ2v) is 17.4. The molecular weight excluding hydrogens is 952 g/mol. The lowest BCUT2D eigenvalue weighted by atomic mass is 10.1. The lowest BCUT2D eigenvalue weighted by molar-refractivity contribution is -0.150. The summed E-state index contributed by atoms with van der Waals surface area (Å²) >= 11 is 3.05. The number of fused-ring (bicyclic) bond motifs is 2. The van der Waals surface area contributed by atoms with Gasteiger partial charge in [0.15, 0.2) is 17.3 Å². The van der Waals surface area contributed by atoms with E-state index in [1.807, 2.05) is 0 Å². The van der Waals surface area contributed by atoms with E-state index in [9.17, 15) is 48.3 Å². The van der Waals surface area contributed by atoms with Crippen molar-refractivity contribution in [3.63, 3.8) is 0 Å². The van der Waals surface area contributed by atoms with Crippen LogP contribution < -0.4 is 25.4 Å². The van der Waals surface area contributed by atoms with Gasteiger partial charge in [-0.25, -0.2) is 28.7 Å². The molecule has 0 saturated carbocycles. The molecule has 0 saturated heterocycles. The highest BCUT2D eigenvalue weighted by molar-refractivity contribution is 9.10. The van der Waals surface area contributed by atoms with Gasteiger partial charge in [-0.2, -0.15) is 35.8 Å². The molecule has 324 valence electrons. The number of rotatable bonds is 15. The van der Waals surface area contributed by atoms with Crippen LogP contribution in [-0.4, -0.2) is 80.5 Å².